The summed E-state index contributed by atoms with van der Waals surface area (Å²) in [4.78, 5) is 24.4. The number of allylic oxidation sites excluding steroid dienone is 1. The number of ketones is 2. The van der Waals surface area contributed by atoms with Gasteiger partial charge >= 0.3 is 0 Å². The van der Waals surface area contributed by atoms with Crippen molar-refractivity contribution in [2.45, 2.75) is 58.3 Å². The van der Waals surface area contributed by atoms with Crippen LogP contribution in [0.2, 0.25) is 0 Å². The average molecular weight is 334 g/mol. The highest BCUT2D eigenvalue weighted by atomic mass is 19.3. The van der Waals surface area contributed by atoms with Crippen molar-refractivity contribution in [2.24, 2.45) is 40.4 Å². The van der Waals surface area contributed by atoms with Crippen molar-refractivity contribution in [3.8, 4) is 0 Å². The lowest BCUT2D eigenvalue weighted by Gasteiger charge is -2.56. The van der Waals surface area contributed by atoms with Gasteiger partial charge in [0.1, 0.15) is 5.78 Å². The Kier molecular flexibility index (Phi) is 2.65. The van der Waals surface area contributed by atoms with Crippen LogP contribution in [0.5, 0.6) is 0 Å². The quantitative estimate of drug-likeness (QED) is 0.666. The number of fused-ring (bicyclic) bond motifs is 8. The van der Waals surface area contributed by atoms with Crippen LogP contribution < -0.4 is 0 Å². The van der Waals surface area contributed by atoms with E-state index < -0.39 is 17.8 Å². The summed E-state index contributed by atoms with van der Waals surface area (Å²) in [6.07, 6.45) is 5.77. The fraction of sp³-hybridized carbons (Fsp3) is 0.800. The second-order valence-electron chi connectivity index (χ2n) is 9.37. The van der Waals surface area contributed by atoms with Crippen molar-refractivity contribution in [1.29, 1.82) is 0 Å². The van der Waals surface area contributed by atoms with Gasteiger partial charge in [-0.2, -0.15) is 0 Å². The molecule has 4 heteroatoms. The maximum Gasteiger partial charge on any atom is 0.258 e. The molecule has 4 saturated carbocycles. The Labute approximate surface area is 141 Å². The molecule has 0 amide bonds. The summed E-state index contributed by atoms with van der Waals surface area (Å²) >= 11 is 0. The van der Waals surface area contributed by atoms with E-state index in [1.807, 2.05) is 6.92 Å². The third-order valence-corrected chi connectivity index (χ3v) is 8.59. The maximum atomic E-state index is 14.8. The van der Waals surface area contributed by atoms with E-state index >= 15 is 0 Å². The van der Waals surface area contributed by atoms with Gasteiger partial charge in [-0.15, -0.1) is 0 Å². The summed E-state index contributed by atoms with van der Waals surface area (Å²) in [5.41, 5.74) is 0.0851. The van der Waals surface area contributed by atoms with E-state index in [9.17, 15) is 18.4 Å². The molecule has 0 spiro atoms. The predicted molar refractivity (Wildman–Crippen MR) is 84.4 cm³/mol. The van der Waals surface area contributed by atoms with Crippen molar-refractivity contribution >= 4 is 11.6 Å². The van der Waals surface area contributed by atoms with E-state index in [0.29, 0.717) is 19.3 Å². The summed E-state index contributed by atoms with van der Waals surface area (Å²) < 4.78 is 29.6. The van der Waals surface area contributed by atoms with Crippen LogP contribution in [0.25, 0.3) is 0 Å². The number of alkyl halides is 2. The Morgan fingerprint density at radius 2 is 1.71 bits per heavy atom. The average Bonchev–Trinajstić information content (AvgIpc) is 2.95. The van der Waals surface area contributed by atoms with Gasteiger partial charge in [0.25, 0.3) is 5.92 Å². The summed E-state index contributed by atoms with van der Waals surface area (Å²) in [7, 11) is 0. The molecule has 5 aliphatic carbocycles. The number of hydrogen-bond donors (Lipinski definition) is 0. The molecule has 24 heavy (non-hydrogen) atoms. The van der Waals surface area contributed by atoms with E-state index in [0.717, 1.165) is 24.8 Å². The van der Waals surface area contributed by atoms with Gasteiger partial charge in [-0.1, -0.05) is 19.4 Å². The van der Waals surface area contributed by atoms with Crippen molar-refractivity contribution < 1.29 is 18.4 Å². The number of hydrogen-bond acceptors (Lipinski definition) is 2. The lowest BCUT2D eigenvalue weighted by atomic mass is 9.47. The van der Waals surface area contributed by atoms with Gasteiger partial charge in [0.15, 0.2) is 5.78 Å². The minimum Gasteiger partial charge on any atom is -0.299 e. The number of halogens is 2. The summed E-state index contributed by atoms with van der Waals surface area (Å²) in [5.74, 6) is -3.50. The monoisotopic (exact) mass is 334 g/mol. The minimum absolute atomic E-state index is 0.0130. The lowest BCUT2D eigenvalue weighted by Crippen LogP contribution is -2.51. The van der Waals surface area contributed by atoms with E-state index in [1.54, 1.807) is 6.08 Å². The van der Waals surface area contributed by atoms with E-state index in [-0.39, 0.29) is 40.2 Å². The highest BCUT2D eigenvalue weighted by Crippen LogP contribution is 2.77. The topological polar surface area (TPSA) is 34.1 Å². The van der Waals surface area contributed by atoms with Crippen LogP contribution in [0, 0.1) is 40.4 Å². The summed E-state index contributed by atoms with van der Waals surface area (Å²) in [6.45, 7) is 4.14. The van der Waals surface area contributed by atoms with Crippen LogP contribution in [0.15, 0.2) is 11.6 Å². The van der Waals surface area contributed by atoms with Crippen LogP contribution in [-0.4, -0.2) is 17.5 Å². The molecule has 0 heterocycles. The molecule has 4 fully saturated rings. The van der Waals surface area contributed by atoms with Gasteiger partial charge in [-0.05, 0) is 54.9 Å². The molecule has 0 saturated heterocycles. The van der Waals surface area contributed by atoms with E-state index in [2.05, 4.69) is 6.92 Å². The zero-order chi connectivity index (χ0) is 17.1. The third-order valence-electron chi connectivity index (χ3n) is 8.59. The van der Waals surface area contributed by atoms with Crippen LogP contribution in [0.4, 0.5) is 8.78 Å². The smallest absolute Gasteiger partial charge is 0.258 e. The molecule has 5 rings (SSSR count). The van der Waals surface area contributed by atoms with Gasteiger partial charge in [0.2, 0.25) is 0 Å². The van der Waals surface area contributed by atoms with Crippen LogP contribution in [0.1, 0.15) is 52.4 Å². The zero-order valence-electron chi connectivity index (χ0n) is 14.3. The molecule has 0 aliphatic heterocycles. The van der Waals surface area contributed by atoms with E-state index in [4.69, 9.17) is 0 Å². The first-order valence-electron chi connectivity index (χ1n) is 9.37. The first-order valence-corrected chi connectivity index (χ1v) is 9.37. The first-order chi connectivity index (χ1) is 11.2. The van der Waals surface area contributed by atoms with Gasteiger partial charge in [0, 0.05) is 24.2 Å². The molecular formula is C20H24F2O2. The van der Waals surface area contributed by atoms with Crippen molar-refractivity contribution in [3.05, 3.63) is 11.6 Å². The molecule has 0 radical (unpaired) electrons. The van der Waals surface area contributed by atoms with Gasteiger partial charge < -0.3 is 0 Å². The van der Waals surface area contributed by atoms with Crippen molar-refractivity contribution in [1.82, 2.24) is 0 Å². The van der Waals surface area contributed by atoms with Crippen molar-refractivity contribution in [3.63, 3.8) is 0 Å². The molecule has 130 valence electrons. The fourth-order valence-corrected chi connectivity index (χ4v) is 7.22. The second-order valence-corrected chi connectivity index (χ2v) is 9.37. The molecule has 0 unspecified atom stereocenters. The molecule has 0 bridgehead atoms. The van der Waals surface area contributed by atoms with Crippen LogP contribution in [-0.2, 0) is 9.59 Å². The predicted octanol–water partition coefficient (Wildman–Crippen LogP) is 4.19. The number of Topliss-reactive ketones (excluding diaryl/α,β-unsaturated/α-hetero) is 1. The van der Waals surface area contributed by atoms with Crippen molar-refractivity contribution in [2.75, 3.05) is 0 Å². The van der Waals surface area contributed by atoms with Crippen LogP contribution >= 0.6 is 0 Å². The Morgan fingerprint density at radius 3 is 2.46 bits per heavy atom. The van der Waals surface area contributed by atoms with Gasteiger partial charge in [0.05, 0.1) is 5.92 Å². The second kappa shape index (κ2) is 4.19. The highest BCUT2D eigenvalue weighted by Gasteiger charge is 2.80. The summed E-state index contributed by atoms with van der Waals surface area (Å²) in [5, 5.41) is 0. The Balaban J connectivity index is 1.64. The Hall–Kier alpha value is -1.06. The fourth-order valence-electron chi connectivity index (χ4n) is 7.22. The van der Waals surface area contributed by atoms with Gasteiger partial charge in [-0.25, -0.2) is 8.78 Å². The number of rotatable bonds is 0. The number of carbonyl (C=O) groups is 2. The van der Waals surface area contributed by atoms with Crippen LogP contribution in [0.3, 0.4) is 0 Å². The molecule has 5 aliphatic rings. The lowest BCUT2D eigenvalue weighted by molar-refractivity contribution is -0.133. The maximum absolute atomic E-state index is 14.8. The normalized spacial score (nSPS) is 54.3. The van der Waals surface area contributed by atoms with E-state index in [1.165, 1.54) is 0 Å². The standard InChI is InChI=1S/C20H24F2O2/c1-18-7-5-10(23)9-13(18)16-17(20(16,21)22)15-11-3-4-14(24)19(11,2)8-6-12(15)18/h9,11-12,15-17H,3-8H2,1-2H3/t11-,12-,15-,16+,17-,18+,19-/m0/s1. The molecular weight excluding hydrogens is 310 g/mol. The highest BCUT2D eigenvalue weighted by molar-refractivity contribution is 5.92. The molecule has 2 nitrogen and oxygen atoms in total. The molecule has 0 aromatic carbocycles. The molecule has 0 aromatic heterocycles. The molecule has 0 aromatic rings. The Morgan fingerprint density at radius 1 is 1.00 bits per heavy atom. The first kappa shape index (κ1) is 15.2. The van der Waals surface area contributed by atoms with Gasteiger partial charge in [-0.3, -0.25) is 9.59 Å². The third kappa shape index (κ3) is 1.52. The summed E-state index contributed by atoms with van der Waals surface area (Å²) in [6, 6.07) is 0. The SMILES string of the molecule is C[C@]12CCC(=O)C=C1[C@@H]1[C@H]([C@@H]3[C@@H]2CC[C@]2(C)C(=O)CC[C@@H]32)C1(F)F. The Bertz CT molecular complexity index is 696. The molecule has 0 N–H and O–H groups in total. The minimum atomic E-state index is -2.69. The number of carbonyl (C=O) groups excluding carboxylic acids is 2. The largest absolute Gasteiger partial charge is 0.299 e. The zero-order valence-corrected chi connectivity index (χ0v) is 14.3. The molecule has 7 atom stereocenters.